The minimum Gasteiger partial charge on any atom is -0.436 e. The molecule has 2 unspecified atom stereocenters. The van der Waals surface area contributed by atoms with Crippen LogP contribution in [-0.2, 0) is 4.79 Å². The van der Waals surface area contributed by atoms with E-state index < -0.39 is 0 Å². The number of aromatic nitrogens is 1. The summed E-state index contributed by atoms with van der Waals surface area (Å²) >= 11 is 0. The summed E-state index contributed by atoms with van der Waals surface area (Å²) in [5.41, 5.74) is 1.70. The Bertz CT molecular complexity index is 798. The van der Waals surface area contributed by atoms with Crippen LogP contribution in [0.2, 0.25) is 0 Å². The minimum atomic E-state index is -0.0629. The quantitative estimate of drug-likeness (QED) is 0.706. The van der Waals surface area contributed by atoms with Crippen molar-refractivity contribution in [2.45, 2.75) is 71.8 Å². The SMILES string of the molecule is Cc1ncc(C(=O)N2CCCC3CN(C(=O)C=C4CCC(C)(C)CC4)CCC32)o1. The van der Waals surface area contributed by atoms with Crippen LogP contribution in [0.3, 0.4) is 0 Å². The Morgan fingerprint density at radius 2 is 1.97 bits per heavy atom. The molecule has 0 radical (unpaired) electrons. The van der Waals surface area contributed by atoms with Gasteiger partial charge in [-0.25, -0.2) is 4.98 Å². The van der Waals surface area contributed by atoms with Gasteiger partial charge in [-0.2, -0.15) is 0 Å². The van der Waals surface area contributed by atoms with Crippen LogP contribution in [0.1, 0.15) is 75.2 Å². The van der Waals surface area contributed by atoms with Crippen molar-refractivity contribution in [3.8, 4) is 0 Å². The van der Waals surface area contributed by atoms with Crippen LogP contribution in [0.25, 0.3) is 0 Å². The Labute approximate surface area is 173 Å². The number of carbonyl (C=O) groups excluding carboxylic acids is 2. The molecule has 1 aromatic heterocycles. The third kappa shape index (κ3) is 4.41. The Kier molecular flexibility index (Phi) is 5.54. The van der Waals surface area contributed by atoms with E-state index in [0.29, 0.717) is 29.5 Å². The molecule has 4 rings (SSSR count). The summed E-state index contributed by atoms with van der Waals surface area (Å²) < 4.78 is 5.46. The summed E-state index contributed by atoms with van der Waals surface area (Å²) in [6.07, 6.45) is 10.7. The first kappa shape index (κ1) is 20.2. The van der Waals surface area contributed by atoms with E-state index in [9.17, 15) is 9.59 Å². The van der Waals surface area contributed by atoms with E-state index in [1.165, 1.54) is 11.8 Å². The molecule has 2 aliphatic heterocycles. The predicted molar refractivity (Wildman–Crippen MR) is 110 cm³/mol. The van der Waals surface area contributed by atoms with Crippen LogP contribution < -0.4 is 0 Å². The summed E-state index contributed by atoms with van der Waals surface area (Å²) in [4.78, 5) is 33.8. The number of likely N-dealkylation sites (tertiary alicyclic amines) is 2. The predicted octanol–water partition coefficient (Wildman–Crippen LogP) is 3.96. The number of fused-ring (bicyclic) bond motifs is 1. The third-order valence-corrected chi connectivity index (χ3v) is 7.05. The van der Waals surface area contributed by atoms with Crippen molar-refractivity contribution in [3.05, 3.63) is 29.5 Å². The molecule has 3 fully saturated rings. The van der Waals surface area contributed by atoms with Gasteiger partial charge in [-0.05, 0) is 56.3 Å². The summed E-state index contributed by atoms with van der Waals surface area (Å²) in [6.45, 7) is 8.60. The summed E-state index contributed by atoms with van der Waals surface area (Å²) in [5.74, 6) is 1.28. The highest BCUT2D eigenvalue weighted by molar-refractivity contribution is 5.91. The Hall–Kier alpha value is -2.11. The second kappa shape index (κ2) is 7.96. The van der Waals surface area contributed by atoms with E-state index in [2.05, 4.69) is 18.8 Å². The van der Waals surface area contributed by atoms with Crippen molar-refractivity contribution in [2.24, 2.45) is 11.3 Å². The average molecular weight is 400 g/mol. The number of carbonyl (C=O) groups is 2. The number of rotatable bonds is 2. The molecule has 6 nitrogen and oxygen atoms in total. The van der Waals surface area contributed by atoms with Gasteiger partial charge in [-0.3, -0.25) is 9.59 Å². The molecular weight excluding hydrogens is 366 g/mol. The molecule has 0 bridgehead atoms. The van der Waals surface area contributed by atoms with Gasteiger partial charge in [0.05, 0.1) is 6.20 Å². The maximum Gasteiger partial charge on any atom is 0.291 e. The molecule has 0 spiro atoms. The maximum absolute atomic E-state index is 12.9. The highest BCUT2D eigenvalue weighted by atomic mass is 16.4. The molecule has 1 aliphatic carbocycles. The smallest absolute Gasteiger partial charge is 0.291 e. The van der Waals surface area contributed by atoms with Crippen LogP contribution in [0.4, 0.5) is 0 Å². The summed E-state index contributed by atoms with van der Waals surface area (Å²) in [5, 5.41) is 0. The van der Waals surface area contributed by atoms with Gasteiger partial charge in [0.15, 0.2) is 5.89 Å². The van der Waals surface area contributed by atoms with Crippen LogP contribution >= 0.6 is 0 Å². The molecule has 2 amide bonds. The van der Waals surface area contributed by atoms with Gasteiger partial charge in [0.2, 0.25) is 11.7 Å². The zero-order valence-electron chi connectivity index (χ0n) is 17.9. The maximum atomic E-state index is 12.9. The first-order chi connectivity index (χ1) is 13.8. The molecule has 158 valence electrons. The van der Waals surface area contributed by atoms with Crippen LogP contribution in [0, 0.1) is 18.3 Å². The molecule has 29 heavy (non-hydrogen) atoms. The second-order valence-corrected chi connectivity index (χ2v) is 9.75. The molecule has 6 heteroatoms. The molecule has 1 aromatic rings. The van der Waals surface area contributed by atoms with E-state index in [1.54, 1.807) is 6.92 Å². The lowest BCUT2D eigenvalue weighted by molar-refractivity contribution is -0.129. The fourth-order valence-corrected chi connectivity index (χ4v) is 5.12. The second-order valence-electron chi connectivity index (χ2n) is 9.75. The van der Waals surface area contributed by atoms with Crippen molar-refractivity contribution in [1.82, 2.24) is 14.8 Å². The fourth-order valence-electron chi connectivity index (χ4n) is 5.12. The topological polar surface area (TPSA) is 66.7 Å². The van der Waals surface area contributed by atoms with E-state index in [1.807, 2.05) is 15.9 Å². The van der Waals surface area contributed by atoms with Gasteiger partial charge in [0, 0.05) is 38.7 Å². The molecule has 0 N–H and O–H groups in total. The third-order valence-electron chi connectivity index (χ3n) is 7.05. The lowest BCUT2D eigenvalue weighted by Crippen LogP contribution is -2.56. The molecule has 2 saturated heterocycles. The van der Waals surface area contributed by atoms with Gasteiger partial charge in [-0.1, -0.05) is 19.4 Å². The van der Waals surface area contributed by atoms with Crippen molar-refractivity contribution in [3.63, 3.8) is 0 Å². The summed E-state index contributed by atoms with van der Waals surface area (Å²) in [6, 6.07) is 0.189. The first-order valence-corrected chi connectivity index (χ1v) is 11.0. The number of hydrogen-bond donors (Lipinski definition) is 0. The molecular formula is C23H33N3O3. The zero-order chi connectivity index (χ0) is 20.6. The fraction of sp³-hybridized carbons (Fsp3) is 0.696. The first-order valence-electron chi connectivity index (χ1n) is 11.0. The Morgan fingerprint density at radius 1 is 1.21 bits per heavy atom. The largest absolute Gasteiger partial charge is 0.436 e. The van der Waals surface area contributed by atoms with Gasteiger partial charge in [0.1, 0.15) is 0 Å². The van der Waals surface area contributed by atoms with E-state index in [-0.39, 0.29) is 17.9 Å². The molecule has 2 atom stereocenters. The monoisotopic (exact) mass is 399 g/mol. The number of oxazole rings is 1. The lowest BCUT2D eigenvalue weighted by atomic mass is 9.75. The van der Waals surface area contributed by atoms with Gasteiger partial charge in [-0.15, -0.1) is 0 Å². The van der Waals surface area contributed by atoms with Crippen LogP contribution in [0.15, 0.2) is 22.3 Å². The normalized spacial score (nSPS) is 26.8. The number of aryl methyl sites for hydroxylation is 1. The minimum absolute atomic E-state index is 0.0629. The number of hydrogen-bond acceptors (Lipinski definition) is 4. The lowest BCUT2D eigenvalue weighted by Gasteiger charge is -2.46. The molecule has 0 aromatic carbocycles. The average Bonchev–Trinajstić information content (AvgIpc) is 3.14. The Balaban J connectivity index is 1.38. The van der Waals surface area contributed by atoms with Gasteiger partial charge < -0.3 is 14.2 Å². The Morgan fingerprint density at radius 3 is 2.66 bits per heavy atom. The summed E-state index contributed by atoms with van der Waals surface area (Å²) in [7, 11) is 0. The highest BCUT2D eigenvalue weighted by Gasteiger charge is 2.40. The number of piperidine rings is 2. The van der Waals surface area contributed by atoms with E-state index in [4.69, 9.17) is 4.42 Å². The van der Waals surface area contributed by atoms with Gasteiger partial charge in [0.25, 0.3) is 5.91 Å². The van der Waals surface area contributed by atoms with Crippen LogP contribution in [0.5, 0.6) is 0 Å². The standard InChI is InChI=1S/C23H33N3O3/c1-16-24-14-20(29-16)22(28)26-11-4-5-18-15-25(12-8-19(18)26)21(27)13-17-6-9-23(2,3)10-7-17/h13-14,18-19H,4-12,15H2,1-3H3. The van der Waals surface area contributed by atoms with Gasteiger partial charge >= 0.3 is 0 Å². The number of amides is 2. The van der Waals surface area contributed by atoms with Crippen molar-refractivity contribution < 1.29 is 14.0 Å². The molecule has 3 aliphatic rings. The molecule has 1 saturated carbocycles. The van der Waals surface area contributed by atoms with E-state index in [0.717, 1.165) is 58.0 Å². The number of nitrogens with zero attached hydrogens (tertiary/aromatic N) is 3. The number of allylic oxidation sites excluding steroid dienone is 1. The highest BCUT2D eigenvalue weighted by Crippen LogP contribution is 2.38. The van der Waals surface area contributed by atoms with Crippen molar-refractivity contribution >= 4 is 11.8 Å². The van der Waals surface area contributed by atoms with Crippen LogP contribution in [-0.4, -0.2) is 52.3 Å². The van der Waals surface area contributed by atoms with Crippen molar-refractivity contribution in [1.29, 1.82) is 0 Å². The molecule has 3 heterocycles. The van der Waals surface area contributed by atoms with Crippen molar-refractivity contribution in [2.75, 3.05) is 19.6 Å². The zero-order valence-corrected chi connectivity index (χ0v) is 17.9. The van der Waals surface area contributed by atoms with E-state index >= 15 is 0 Å².